The highest BCUT2D eigenvalue weighted by atomic mass is 16.5. The molecular formula is C16H28O4. The Morgan fingerprint density at radius 2 is 1.50 bits per heavy atom. The summed E-state index contributed by atoms with van der Waals surface area (Å²) in [6.07, 6.45) is 3.88. The van der Waals surface area contributed by atoms with Gasteiger partial charge in [0.15, 0.2) is 0 Å². The molecule has 0 radical (unpaired) electrons. The van der Waals surface area contributed by atoms with Crippen LogP contribution in [0, 0.1) is 5.41 Å². The van der Waals surface area contributed by atoms with E-state index in [0.29, 0.717) is 18.8 Å². The second-order valence-corrected chi connectivity index (χ2v) is 5.64. The van der Waals surface area contributed by atoms with E-state index in [1.165, 1.54) is 0 Å². The Morgan fingerprint density at radius 1 is 1.00 bits per heavy atom. The van der Waals surface area contributed by atoms with Crippen molar-refractivity contribution in [1.82, 2.24) is 0 Å². The average molecular weight is 284 g/mol. The molecule has 20 heavy (non-hydrogen) atoms. The van der Waals surface area contributed by atoms with Gasteiger partial charge in [0, 0.05) is 5.57 Å². The van der Waals surface area contributed by atoms with Crippen molar-refractivity contribution in [3.05, 3.63) is 12.2 Å². The summed E-state index contributed by atoms with van der Waals surface area (Å²) in [4.78, 5) is 23.6. The van der Waals surface area contributed by atoms with Gasteiger partial charge in [-0.15, -0.1) is 0 Å². The molecule has 116 valence electrons. The highest BCUT2D eigenvalue weighted by Crippen LogP contribution is 2.27. The van der Waals surface area contributed by atoms with E-state index in [0.717, 1.165) is 25.7 Å². The lowest BCUT2D eigenvalue weighted by atomic mass is 9.86. The van der Waals surface area contributed by atoms with Crippen LogP contribution in [0.15, 0.2) is 12.2 Å². The van der Waals surface area contributed by atoms with Gasteiger partial charge in [-0.1, -0.05) is 33.3 Å². The minimum Gasteiger partial charge on any atom is -0.465 e. The minimum absolute atomic E-state index is 0.253. The number of esters is 2. The molecule has 0 aromatic heterocycles. The van der Waals surface area contributed by atoms with Crippen molar-refractivity contribution in [3.63, 3.8) is 0 Å². The molecule has 0 atom stereocenters. The highest BCUT2D eigenvalue weighted by Gasteiger charge is 2.31. The summed E-state index contributed by atoms with van der Waals surface area (Å²) in [7, 11) is 0. The predicted molar refractivity (Wildman–Crippen MR) is 79.3 cm³/mol. The molecule has 0 heterocycles. The molecule has 0 rings (SSSR count). The summed E-state index contributed by atoms with van der Waals surface area (Å²) in [5.74, 6) is -0.721. The van der Waals surface area contributed by atoms with Gasteiger partial charge in [0.05, 0.1) is 18.6 Å². The predicted octanol–water partition coefficient (Wildman–Crippen LogP) is 3.65. The Kier molecular flexibility index (Phi) is 8.93. The number of ether oxygens (including phenoxy) is 2. The molecular weight excluding hydrogens is 256 g/mol. The summed E-state index contributed by atoms with van der Waals surface area (Å²) < 4.78 is 10.3. The smallest absolute Gasteiger partial charge is 0.333 e. The van der Waals surface area contributed by atoms with E-state index in [4.69, 9.17) is 9.47 Å². The first-order chi connectivity index (χ1) is 9.35. The Labute approximate surface area is 122 Å². The standard InChI is InChI=1S/C16H28O4/c1-6-8-10-19-14(17)13(3)12-16(4,5)15(18)20-11-9-7-2/h3,6-12H2,1-2,4-5H3. The van der Waals surface area contributed by atoms with Gasteiger partial charge < -0.3 is 9.47 Å². The number of carbonyl (C=O) groups excluding carboxylic acids is 2. The van der Waals surface area contributed by atoms with E-state index in [-0.39, 0.29) is 12.4 Å². The van der Waals surface area contributed by atoms with Crippen molar-refractivity contribution in [1.29, 1.82) is 0 Å². The summed E-state index contributed by atoms with van der Waals surface area (Å²) in [6.45, 7) is 12.1. The third-order valence-corrected chi connectivity index (χ3v) is 2.96. The van der Waals surface area contributed by atoms with Crippen molar-refractivity contribution in [2.24, 2.45) is 5.41 Å². The summed E-state index contributed by atoms with van der Waals surface area (Å²) in [6, 6.07) is 0. The summed E-state index contributed by atoms with van der Waals surface area (Å²) in [5.41, 5.74) is -0.437. The van der Waals surface area contributed by atoms with Crippen molar-refractivity contribution < 1.29 is 19.1 Å². The van der Waals surface area contributed by atoms with Crippen LogP contribution in [0.2, 0.25) is 0 Å². The molecule has 4 nitrogen and oxygen atoms in total. The van der Waals surface area contributed by atoms with Crippen LogP contribution in [0.4, 0.5) is 0 Å². The lowest BCUT2D eigenvalue weighted by Crippen LogP contribution is -2.29. The van der Waals surface area contributed by atoms with E-state index < -0.39 is 11.4 Å². The zero-order valence-corrected chi connectivity index (χ0v) is 13.3. The van der Waals surface area contributed by atoms with Gasteiger partial charge in [0.2, 0.25) is 0 Å². The quantitative estimate of drug-likeness (QED) is 0.349. The zero-order valence-electron chi connectivity index (χ0n) is 13.3. The van der Waals surface area contributed by atoms with Crippen LogP contribution in [0.3, 0.4) is 0 Å². The van der Waals surface area contributed by atoms with Crippen LogP contribution in [0.1, 0.15) is 59.8 Å². The molecule has 0 bridgehead atoms. The number of hydrogen-bond acceptors (Lipinski definition) is 4. The van der Waals surface area contributed by atoms with E-state index in [9.17, 15) is 9.59 Å². The Hall–Kier alpha value is -1.32. The molecule has 0 saturated carbocycles. The van der Waals surface area contributed by atoms with E-state index in [2.05, 4.69) is 6.58 Å². The Morgan fingerprint density at radius 3 is 2.00 bits per heavy atom. The van der Waals surface area contributed by atoms with Gasteiger partial charge in [0.1, 0.15) is 0 Å². The topological polar surface area (TPSA) is 52.6 Å². The average Bonchev–Trinajstić information content (AvgIpc) is 2.38. The molecule has 0 aliphatic rings. The van der Waals surface area contributed by atoms with Gasteiger partial charge >= 0.3 is 11.9 Å². The van der Waals surface area contributed by atoms with Crippen molar-refractivity contribution in [2.45, 2.75) is 59.8 Å². The number of hydrogen-bond donors (Lipinski definition) is 0. The first-order valence-electron chi connectivity index (χ1n) is 7.37. The molecule has 4 heteroatoms. The lowest BCUT2D eigenvalue weighted by Gasteiger charge is -2.23. The van der Waals surface area contributed by atoms with E-state index in [1.807, 2.05) is 13.8 Å². The molecule has 0 amide bonds. The van der Waals surface area contributed by atoms with Crippen molar-refractivity contribution >= 4 is 11.9 Å². The van der Waals surface area contributed by atoms with Gasteiger partial charge in [-0.05, 0) is 33.1 Å². The second kappa shape index (κ2) is 9.56. The molecule has 0 aromatic carbocycles. The molecule has 0 aliphatic heterocycles. The van der Waals surface area contributed by atoms with Crippen LogP contribution in [0.5, 0.6) is 0 Å². The van der Waals surface area contributed by atoms with Crippen LogP contribution >= 0.6 is 0 Å². The SMILES string of the molecule is C=C(CC(C)(C)C(=O)OCCCC)C(=O)OCCCC. The van der Waals surface area contributed by atoms with Crippen molar-refractivity contribution in [3.8, 4) is 0 Å². The van der Waals surface area contributed by atoms with Gasteiger partial charge in [-0.25, -0.2) is 4.79 Å². The lowest BCUT2D eigenvalue weighted by molar-refractivity contribution is -0.154. The molecule has 0 fully saturated rings. The molecule has 0 unspecified atom stereocenters. The first-order valence-corrected chi connectivity index (χ1v) is 7.37. The largest absolute Gasteiger partial charge is 0.465 e. The molecule has 0 saturated heterocycles. The van der Waals surface area contributed by atoms with Crippen LogP contribution < -0.4 is 0 Å². The maximum atomic E-state index is 11.9. The fourth-order valence-electron chi connectivity index (χ4n) is 1.59. The fourth-order valence-corrected chi connectivity index (χ4v) is 1.59. The number of unbranched alkanes of at least 4 members (excludes halogenated alkanes) is 2. The van der Waals surface area contributed by atoms with Crippen molar-refractivity contribution in [2.75, 3.05) is 13.2 Å². The normalized spacial score (nSPS) is 11.0. The maximum absolute atomic E-state index is 11.9. The monoisotopic (exact) mass is 284 g/mol. The minimum atomic E-state index is -0.755. The molecule has 0 aliphatic carbocycles. The van der Waals surface area contributed by atoms with Gasteiger partial charge in [-0.2, -0.15) is 0 Å². The first kappa shape index (κ1) is 18.7. The third-order valence-electron chi connectivity index (χ3n) is 2.96. The van der Waals surface area contributed by atoms with E-state index in [1.54, 1.807) is 13.8 Å². The third kappa shape index (κ3) is 7.31. The molecule has 0 spiro atoms. The van der Waals surface area contributed by atoms with Crippen LogP contribution in [0.25, 0.3) is 0 Å². The molecule has 0 aromatic rings. The summed E-state index contributed by atoms with van der Waals surface area (Å²) in [5, 5.41) is 0. The molecule has 0 N–H and O–H groups in total. The van der Waals surface area contributed by atoms with E-state index >= 15 is 0 Å². The fraction of sp³-hybridized carbons (Fsp3) is 0.750. The summed E-state index contributed by atoms with van der Waals surface area (Å²) >= 11 is 0. The van der Waals surface area contributed by atoms with Gasteiger partial charge in [0.25, 0.3) is 0 Å². The van der Waals surface area contributed by atoms with Gasteiger partial charge in [-0.3, -0.25) is 4.79 Å². The highest BCUT2D eigenvalue weighted by molar-refractivity contribution is 5.89. The van der Waals surface area contributed by atoms with Crippen LogP contribution in [-0.2, 0) is 19.1 Å². The Balaban J connectivity index is 4.25. The zero-order chi connectivity index (χ0) is 15.6. The number of carbonyl (C=O) groups is 2. The van der Waals surface area contributed by atoms with Crippen LogP contribution in [-0.4, -0.2) is 25.2 Å². The number of rotatable bonds is 10. The second-order valence-electron chi connectivity index (χ2n) is 5.64. The Bertz CT molecular complexity index is 331. The maximum Gasteiger partial charge on any atom is 0.333 e.